The number of alkyl halides is 9. The van der Waals surface area contributed by atoms with Crippen molar-refractivity contribution in [1.29, 1.82) is 0 Å². The van der Waals surface area contributed by atoms with Gasteiger partial charge in [0, 0.05) is 18.7 Å². The van der Waals surface area contributed by atoms with Gasteiger partial charge in [-0.15, -0.1) is 0 Å². The zero-order valence-electron chi connectivity index (χ0n) is 27.9. The van der Waals surface area contributed by atoms with Gasteiger partial charge in [0.1, 0.15) is 5.75 Å². The van der Waals surface area contributed by atoms with Crippen LogP contribution >= 0.6 is 0 Å². The molecule has 3 aromatic carbocycles. The number of aryl methyl sites for hydroxylation is 1. The summed E-state index contributed by atoms with van der Waals surface area (Å²) in [6.07, 6.45) is -10.9. The van der Waals surface area contributed by atoms with Gasteiger partial charge in [0.2, 0.25) is 5.95 Å². The topological polar surface area (TPSA) is 47.5 Å². The lowest BCUT2D eigenvalue weighted by atomic mass is 9.89. The van der Waals surface area contributed by atoms with Gasteiger partial charge in [-0.2, -0.15) is 39.5 Å². The molecular formula is C36H36F9N3O2. The first-order chi connectivity index (χ1) is 23.3. The van der Waals surface area contributed by atoms with Crippen LogP contribution in [0.1, 0.15) is 78.5 Å². The predicted molar refractivity (Wildman–Crippen MR) is 171 cm³/mol. The molecule has 0 unspecified atom stereocenters. The van der Waals surface area contributed by atoms with Gasteiger partial charge >= 0.3 is 18.5 Å². The average Bonchev–Trinajstić information content (AvgIpc) is 3.03. The lowest BCUT2D eigenvalue weighted by Crippen LogP contribution is -2.26. The first-order valence-electron chi connectivity index (χ1n) is 15.7. The van der Waals surface area contributed by atoms with Crippen molar-refractivity contribution in [2.24, 2.45) is 0 Å². The molecule has 0 aliphatic heterocycles. The number of hydrogen-bond acceptors (Lipinski definition) is 5. The second-order valence-electron chi connectivity index (χ2n) is 12.1. The van der Waals surface area contributed by atoms with Crippen molar-refractivity contribution in [2.75, 3.05) is 18.6 Å². The van der Waals surface area contributed by atoms with Gasteiger partial charge in [-0.1, -0.05) is 33.3 Å². The number of rotatable bonds is 12. The number of ether oxygens (including phenoxy) is 2. The third-order valence-electron chi connectivity index (χ3n) is 7.95. The average molecular weight is 714 g/mol. The molecule has 0 radical (unpaired) electrons. The van der Waals surface area contributed by atoms with Crippen LogP contribution in [0.3, 0.4) is 0 Å². The van der Waals surface area contributed by atoms with E-state index >= 15 is 0 Å². The minimum atomic E-state index is -5.11. The lowest BCUT2D eigenvalue weighted by Gasteiger charge is -2.27. The number of halogens is 9. The highest BCUT2D eigenvalue weighted by atomic mass is 19.4. The summed E-state index contributed by atoms with van der Waals surface area (Å²) in [4.78, 5) is 9.74. The van der Waals surface area contributed by atoms with Crippen LogP contribution in [0.2, 0.25) is 0 Å². The van der Waals surface area contributed by atoms with Crippen LogP contribution in [0.25, 0.3) is 11.1 Å². The summed E-state index contributed by atoms with van der Waals surface area (Å²) in [5.41, 5.74) is -2.54. The Labute approximate surface area is 284 Å². The molecule has 14 heteroatoms. The number of methoxy groups -OCH3 is 1. The number of benzene rings is 3. The van der Waals surface area contributed by atoms with E-state index in [0.29, 0.717) is 35.6 Å². The van der Waals surface area contributed by atoms with Crippen LogP contribution in [0.5, 0.6) is 11.5 Å². The Bertz CT molecular complexity index is 1740. The van der Waals surface area contributed by atoms with Gasteiger partial charge in [0.15, 0.2) is 5.75 Å². The van der Waals surface area contributed by atoms with Crippen molar-refractivity contribution >= 4 is 5.95 Å². The smallest absolute Gasteiger partial charge is 0.416 e. The minimum absolute atomic E-state index is 0.00896. The Kier molecular flexibility index (Phi) is 11.6. The normalized spacial score (nSPS) is 12.4. The molecular weight excluding hydrogens is 677 g/mol. The Balaban J connectivity index is 1.94. The van der Waals surface area contributed by atoms with Gasteiger partial charge in [0.05, 0.1) is 42.8 Å². The first kappa shape index (κ1) is 38.3. The van der Waals surface area contributed by atoms with Gasteiger partial charge < -0.3 is 14.4 Å². The van der Waals surface area contributed by atoms with Crippen LogP contribution in [0.15, 0.2) is 60.9 Å². The molecule has 0 fully saturated rings. The number of hydrogen-bond donors (Lipinski definition) is 0. The fraction of sp³-hybridized carbons (Fsp3) is 0.389. The van der Waals surface area contributed by atoms with Gasteiger partial charge in [-0.3, -0.25) is 0 Å². The highest BCUT2D eigenvalue weighted by Gasteiger charge is 2.37. The van der Waals surface area contributed by atoms with Gasteiger partial charge in [-0.05, 0) is 89.5 Å². The van der Waals surface area contributed by atoms with Gasteiger partial charge in [0.25, 0.3) is 0 Å². The van der Waals surface area contributed by atoms with Crippen LogP contribution in [-0.2, 0) is 31.6 Å². The highest BCUT2D eigenvalue weighted by Crippen LogP contribution is 2.42. The SMILES string of the molecule is CCCCOc1cnc(N(Cc2cc(C(F)(F)F)cc(C(F)(F)F)c2)Cc2cc(C(F)(F)F)cc(C)c2-c2cc(C(C)C)ccc2OC)nc1. The molecule has 0 saturated heterocycles. The van der Waals surface area contributed by atoms with Crippen LogP contribution in [0, 0.1) is 6.92 Å². The molecule has 0 aliphatic rings. The van der Waals surface area contributed by atoms with Crippen molar-refractivity contribution in [3.63, 3.8) is 0 Å². The number of aromatic nitrogens is 2. The quantitative estimate of drug-likeness (QED) is 0.108. The summed E-state index contributed by atoms with van der Waals surface area (Å²) >= 11 is 0. The molecule has 50 heavy (non-hydrogen) atoms. The highest BCUT2D eigenvalue weighted by molar-refractivity contribution is 5.78. The molecule has 270 valence electrons. The molecule has 4 rings (SSSR count). The predicted octanol–water partition coefficient (Wildman–Crippen LogP) is 11.0. The molecule has 4 aromatic rings. The Morgan fingerprint density at radius 2 is 1.34 bits per heavy atom. The van der Waals surface area contributed by atoms with Crippen molar-refractivity contribution < 1.29 is 49.0 Å². The van der Waals surface area contributed by atoms with E-state index < -0.39 is 53.9 Å². The zero-order valence-corrected chi connectivity index (χ0v) is 27.9. The molecule has 5 nitrogen and oxygen atoms in total. The molecule has 1 heterocycles. The molecule has 1 aromatic heterocycles. The van der Waals surface area contributed by atoms with E-state index in [2.05, 4.69) is 9.97 Å². The standard InChI is InChI=1S/C36H36F9N3O2/c1-6-7-10-50-29-17-46-33(47-18-29)48(19-23-12-27(35(40,41)42)16-28(13-23)36(43,44)45)20-25-14-26(34(37,38)39)11-22(4)32(25)30-15-24(21(2)3)8-9-31(30)49-5/h8-9,11-18,21H,6-7,10,19-20H2,1-5H3. The molecule has 0 spiro atoms. The number of anilines is 1. The molecule has 0 aliphatic carbocycles. The summed E-state index contributed by atoms with van der Waals surface area (Å²) in [6, 6.07) is 8.32. The number of nitrogens with zero attached hydrogens (tertiary/aromatic N) is 3. The summed E-state index contributed by atoms with van der Waals surface area (Å²) in [5, 5.41) is 0. The van der Waals surface area contributed by atoms with Crippen molar-refractivity contribution in [1.82, 2.24) is 9.97 Å². The largest absolute Gasteiger partial charge is 0.496 e. The minimum Gasteiger partial charge on any atom is -0.496 e. The third kappa shape index (κ3) is 9.39. The van der Waals surface area contributed by atoms with Crippen molar-refractivity contribution in [3.8, 4) is 22.6 Å². The Morgan fingerprint density at radius 1 is 0.760 bits per heavy atom. The lowest BCUT2D eigenvalue weighted by molar-refractivity contribution is -0.143. The van der Waals surface area contributed by atoms with E-state index in [-0.39, 0.29) is 34.8 Å². The van der Waals surface area contributed by atoms with Crippen molar-refractivity contribution in [2.45, 2.75) is 78.1 Å². The maximum Gasteiger partial charge on any atom is 0.416 e. The van der Waals surface area contributed by atoms with E-state index in [1.807, 2.05) is 26.8 Å². The van der Waals surface area contributed by atoms with E-state index in [9.17, 15) is 39.5 Å². The second-order valence-corrected chi connectivity index (χ2v) is 12.1. The summed E-state index contributed by atoms with van der Waals surface area (Å²) in [5.74, 6) is 0.473. The zero-order chi connectivity index (χ0) is 37.0. The van der Waals surface area contributed by atoms with Gasteiger partial charge in [-0.25, -0.2) is 9.97 Å². The summed E-state index contributed by atoms with van der Waals surface area (Å²) in [7, 11) is 1.41. The molecule has 0 saturated carbocycles. The molecule has 0 bridgehead atoms. The maximum atomic E-state index is 14.2. The van der Waals surface area contributed by atoms with Crippen LogP contribution < -0.4 is 14.4 Å². The molecule has 0 N–H and O–H groups in total. The fourth-order valence-electron chi connectivity index (χ4n) is 5.43. The third-order valence-corrected chi connectivity index (χ3v) is 7.95. The maximum absolute atomic E-state index is 14.2. The Hall–Kier alpha value is -4.49. The molecule has 0 amide bonds. The van der Waals surface area contributed by atoms with E-state index in [4.69, 9.17) is 9.47 Å². The fourth-order valence-corrected chi connectivity index (χ4v) is 5.43. The summed E-state index contributed by atoms with van der Waals surface area (Å²) in [6.45, 7) is 6.59. The van der Waals surface area contributed by atoms with Crippen LogP contribution in [-0.4, -0.2) is 23.7 Å². The first-order valence-corrected chi connectivity index (χ1v) is 15.7. The monoisotopic (exact) mass is 713 g/mol. The van der Waals surface area contributed by atoms with Crippen LogP contribution in [0.4, 0.5) is 45.5 Å². The summed E-state index contributed by atoms with van der Waals surface area (Å²) < 4.78 is 136. The number of unbranched alkanes of at least 4 members (excludes halogenated alkanes) is 1. The van der Waals surface area contributed by atoms with E-state index in [1.54, 1.807) is 12.1 Å². The van der Waals surface area contributed by atoms with Crippen molar-refractivity contribution in [3.05, 3.63) is 99.9 Å². The van der Waals surface area contributed by atoms with E-state index in [0.717, 1.165) is 30.5 Å². The second kappa shape index (κ2) is 15.2. The molecule has 0 atom stereocenters. The van der Waals surface area contributed by atoms with E-state index in [1.165, 1.54) is 31.3 Å². The Morgan fingerprint density at radius 3 is 1.86 bits per heavy atom.